The predicted molar refractivity (Wildman–Crippen MR) is 91.2 cm³/mol. The lowest BCUT2D eigenvalue weighted by molar-refractivity contribution is -0.324. The van der Waals surface area contributed by atoms with Crippen LogP contribution in [0.1, 0.15) is 20.7 Å². The molecular weight excluding hydrogens is 390 g/mol. The van der Waals surface area contributed by atoms with Crippen LogP contribution < -0.4 is 5.48 Å². The van der Waals surface area contributed by atoms with Crippen molar-refractivity contribution in [1.82, 2.24) is 5.48 Å². The van der Waals surface area contributed by atoms with Crippen molar-refractivity contribution in [3.05, 3.63) is 71.8 Å². The third kappa shape index (κ3) is 4.21. The van der Waals surface area contributed by atoms with Crippen molar-refractivity contribution in [3.63, 3.8) is 0 Å². The van der Waals surface area contributed by atoms with Crippen LogP contribution in [0.4, 0.5) is 0 Å². The van der Waals surface area contributed by atoms with Gasteiger partial charge < -0.3 is 24.8 Å². The minimum absolute atomic E-state index is 0.251. The van der Waals surface area contributed by atoms with Crippen LogP contribution >= 0.6 is 0 Å². The lowest BCUT2D eigenvalue weighted by atomic mass is 10.0. The number of ether oxygens (including phenoxy) is 2. The van der Waals surface area contributed by atoms with Gasteiger partial charge in [0.15, 0.2) is 0 Å². The summed E-state index contributed by atoms with van der Waals surface area (Å²) in [5.74, 6) is -15.7. The first-order chi connectivity index (χ1) is 13.7. The molecule has 29 heavy (non-hydrogen) atoms. The van der Waals surface area contributed by atoms with Gasteiger partial charge in [-0.2, -0.15) is 0 Å². The van der Waals surface area contributed by atoms with Crippen molar-refractivity contribution in [2.24, 2.45) is 0 Å². The first kappa shape index (κ1) is 21.5. The van der Waals surface area contributed by atoms with Crippen molar-refractivity contribution < 1.29 is 49.2 Å². The second-order valence-electron chi connectivity index (χ2n) is 5.55. The second kappa shape index (κ2) is 8.48. The Kier molecular flexibility index (Phi) is 6.28. The number of esters is 2. The van der Waals surface area contributed by atoms with E-state index in [1.165, 1.54) is 60.7 Å². The molecule has 0 heterocycles. The zero-order valence-corrected chi connectivity index (χ0v) is 14.5. The molecule has 0 radical (unpaired) electrons. The molecule has 11 heteroatoms. The van der Waals surface area contributed by atoms with Gasteiger partial charge in [0.25, 0.3) is 0 Å². The highest BCUT2D eigenvalue weighted by Gasteiger charge is 2.68. The number of hydrogen-bond acceptors (Lipinski definition) is 9. The largest absolute Gasteiger partial charge is 0.476 e. The lowest BCUT2D eigenvalue weighted by Gasteiger charge is -2.35. The number of carboxylic acid groups (broad SMARTS) is 1. The Hall–Kier alpha value is -3.80. The van der Waals surface area contributed by atoms with Crippen LogP contribution in [0, 0.1) is 0 Å². The van der Waals surface area contributed by atoms with E-state index in [9.17, 15) is 34.5 Å². The first-order valence-corrected chi connectivity index (χ1v) is 7.85. The summed E-state index contributed by atoms with van der Waals surface area (Å²) in [5.41, 5.74) is 0.348. The zero-order valence-electron chi connectivity index (χ0n) is 14.5. The summed E-state index contributed by atoms with van der Waals surface area (Å²) in [7, 11) is 0. The van der Waals surface area contributed by atoms with Gasteiger partial charge in [-0.25, -0.2) is 19.9 Å². The van der Waals surface area contributed by atoms with E-state index in [0.29, 0.717) is 0 Å². The van der Waals surface area contributed by atoms with Crippen LogP contribution in [0.3, 0.4) is 0 Å². The van der Waals surface area contributed by atoms with E-state index in [2.05, 4.69) is 9.47 Å². The van der Waals surface area contributed by atoms with Gasteiger partial charge in [0, 0.05) is 0 Å². The molecule has 2 aromatic carbocycles. The number of hydroxylamine groups is 1. The molecule has 0 saturated carbocycles. The van der Waals surface area contributed by atoms with E-state index in [-0.39, 0.29) is 11.1 Å². The maximum absolute atomic E-state index is 12.2. The molecule has 152 valence electrons. The number of benzene rings is 2. The molecule has 5 N–H and O–H groups in total. The lowest BCUT2D eigenvalue weighted by Crippen LogP contribution is -2.69. The fourth-order valence-electron chi connectivity index (χ4n) is 2.14. The third-order valence-corrected chi connectivity index (χ3v) is 3.66. The molecule has 0 bridgehead atoms. The van der Waals surface area contributed by atoms with E-state index >= 15 is 0 Å². The monoisotopic (exact) mass is 405 g/mol. The van der Waals surface area contributed by atoms with Gasteiger partial charge in [-0.15, -0.1) is 0 Å². The summed E-state index contributed by atoms with van der Waals surface area (Å²) in [4.78, 5) is 48.0. The van der Waals surface area contributed by atoms with Crippen LogP contribution in [-0.4, -0.2) is 55.9 Å². The summed E-state index contributed by atoms with van der Waals surface area (Å²) in [5, 5.41) is 39.1. The smallest absolute Gasteiger partial charge is 0.387 e. The topological polar surface area (TPSA) is 180 Å². The van der Waals surface area contributed by atoms with E-state index in [1.807, 2.05) is 0 Å². The highest BCUT2D eigenvalue weighted by Crippen LogP contribution is 2.29. The number of carbonyl (C=O) groups is 4. The van der Waals surface area contributed by atoms with Crippen molar-refractivity contribution in [1.29, 1.82) is 0 Å². The molecule has 0 aliphatic carbocycles. The Bertz CT molecular complexity index is 917. The molecule has 11 nitrogen and oxygen atoms in total. The molecule has 0 spiro atoms. The van der Waals surface area contributed by atoms with E-state index < -0.39 is 35.4 Å². The van der Waals surface area contributed by atoms with Crippen LogP contribution in [-0.2, 0) is 19.1 Å². The number of aliphatic hydroxyl groups is 2. The Morgan fingerprint density at radius 2 is 1.10 bits per heavy atom. The average Bonchev–Trinajstić information content (AvgIpc) is 2.73. The SMILES string of the molecule is O=C(O[C@@](O)(C(=O)O)[C@@](O)(OC(=O)c1ccccc1)C(=O)NO)c1ccccc1. The third-order valence-electron chi connectivity index (χ3n) is 3.66. The van der Waals surface area contributed by atoms with Gasteiger partial charge in [-0.3, -0.25) is 10.0 Å². The Labute approximate surface area is 162 Å². The van der Waals surface area contributed by atoms with Gasteiger partial charge in [0.05, 0.1) is 11.1 Å². The van der Waals surface area contributed by atoms with E-state index in [0.717, 1.165) is 5.48 Å². The van der Waals surface area contributed by atoms with Crippen LogP contribution in [0.25, 0.3) is 0 Å². The minimum Gasteiger partial charge on any atom is -0.476 e. The number of amides is 1. The summed E-state index contributed by atoms with van der Waals surface area (Å²) >= 11 is 0. The zero-order chi connectivity index (χ0) is 21.7. The summed E-state index contributed by atoms with van der Waals surface area (Å²) in [6.07, 6.45) is 0. The quantitative estimate of drug-likeness (QED) is 0.177. The maximum atomic E-state index is 12.2. The van der Waals surface area contributed by atoms with Gasteiger partial charge in [-0.1, -0.05) is 36.4 Å². The number of nitrogens with one attached hydrogen (secondary N) is 1. The Morgan fingerprint density at radius 1 is 0.724 bits per heavy atom. The fraction of sp³-hybridized carbons (Fsp3) is 0.111. The molecule has 0 aromatic heterocycles. The fourth-order valence-corrected chi connectivity index (χ4v) is 2.14. The molecule has 0 aliphatic rings. The number of hydrogen-bond donors (Lipinski definition) is 5. The first-order valence-electron chi connectivity index (χ1n) is 7.85. The second-order valence-corrected chi connectivity index (χ2v) is 5.55. The minimum atomic E-state index is -4.13. The van der Waals surface area contributed by atoms with Crippen LogP contribution in [0.2, 0.25) is 0 Å². The number of carbonyl (C=O) groups excluding carboxylic acids is 3. The van der Waals surface area contributed by atoms with Gasteiger partial charge in [0.2, 0.25) is 0 Å². The van der Waals surface area contributed by atoms with E-state index in [4.69, 9.17) is 5.21 Å². The van der Waals surface area contributed by atoms with Crippen LogP contribution in [0.5, 0.6) is 0 Å². The van der Waals surface area contributed by atoms with Crippen molar-refractivity contribution in [3.8, 4) is 0 Å². The molecule has 0 aliphatic heterocycles. The highest BCUT2D eigenvalue weighted by molar-refractivity contribution is 5.99. The van der Waals surface area contributed by atoms with Gasteiger partial charge >= 0.3 is 35.4 Å². The van der Waals surface area contributed by atoms with Crippen molar-refractivity contribution >= 4 is 23.8 Å². The molecule has 0 fully saturated rings. The highest BCUT2D eigenvalue weighted by atomic mass is 16.8. The summed E-state index contributed by atoms with van der Waals surface area (Å²) in [6, 6.07) is 13.4. The van der Waals surface area contributed by atoms with Crippen molar-refractivity contribution in [2.75, 3.05) is 0 Å². The van der Waals surface area contributed by atoms with Gasteiger partial charge in [0.1, 0.15) is 0 Å². The van der Waals surface area contributed by atoms with E-state index in [1.54, 1.807) is 0 Å². The number of aliphatic carboxylic acids is 1. The normalized spacial score (nSPS) is 14.6. The molecule has 1 amide bonds. The Morgan fingerprint density at radius 3 is 1.45 bits per heavy atom. The number of carboxylic acids is 1. The summed E-state index contributed by atoms with van der Waals surface area (Å²) in [6.45, 7) is 0. The molecular formula is C18H15NO10. The standard InChI is InChI=1S/C18H15NO10/c20-13(11-7-3-1-4-8-11)28-17(25,15(22)19-27)18(26,16(23)24)29-14(21)12-9-5-2-6-10-12/h1-10,25-27H,(H,19,22)(H,23,24)/t17-,18-/m0/s1. The average molecular weight is 405 g/mol. The predicted octanol–water partition coefficient (Wildman–Crippen LogP) is -0.332. The molecule has 0 saturated heterocycles. The number of rotatable bonds is 7. The Balaban J connectivity index is 2.46. The molecule has 2 atom stereocenters. The van der Waals surface area contributed by atoms with Crippen LogP contribution in [0.15, 0.2) is 60.7 Å². The summed E-state index contributed by atoms with van der Waals surface area (Å²) < 4.78 is 8.90. The maximum Gasteiger partial charge on any atom is 0.387 e. The molecule has 2 aromatic rings. The molecule has 2 rings (SSSR count). The molecule has 0 unspecified atom stereocenters. The van der Waals surface area contributed by atoms with Gasteiger partial charge in [-0.05, 0) is 24.3 Å². The van der Waals surface area contributed by atoms with Crippen molar-refractivity contribution in [2.45, 2.75) is 11.6 Å².